The van der Waals surface area contributed by atoms with Gasteiger partial charge in [0.2, 0.25) is 0 Å². The number of esters is 1. The van der Waals surface area contributed by atoms with Gasteiger partial charge in [-0.3, -0.25) is 4.79 Å². The normalized spacial score (nSPS) is 11.8. The lowest BCUT2D eigenvalue weighted by Gasteiger charge is -2.17. The Balaban J connectivity index is 1.49. The molecule has 4 rings (SSSR count). The van der Waals surface area contributed by atoms with Crippen molar-refractivity contribution in [3.8, 4) is 17.1 Å². The van der Waals surface area contributed by atoms with Gasteiger partial charge in [-0.25, -0.2) is 9.78 Å². The molecule has 1 aromatic heterocycles. The summed E-state index contributed by atoms with van der Waals surface area (Å²) >= 11 is 0. The first kappa shape index (κ1) is 23.0. The van der Waals surface area contributed by atoms with Crippen LogP contribution >= 0.6 is 0 Å². The molecule has 174 valence electrons. The van der Waals surface area contributed by atoms with E-state index >= 15 is 0 Å². The van der Waals surface area contributed by atoms with E-state index < -0.39 is 12.1 Å². The largest absolute Gasteiger partial charge is 0.497 e. The SMILES string of the molecule is CCC(OC(=O)c1ccc2nc(-c3ccc(OC)cc3)[nH]c2c1)C(=O)Nc1cc(C)ccc1C. The van der Waals surface area contributed by atoms with Crippen molar-refractivity contribution in [2.45, 2.75) is 33.3 Å². The van der Waals surface area contributed by atoms with Gasteiger partial charge in [-0.2, -0.15) is 0 Å². The standard InChI is InChI=1S/C27H27N3O4/c1-5-24(26(31)30-22-14-16(2)6-7-17(22)3)34-27(32)19-10-13-21-23(15-19)29-25(28-21)18-8-11-20(33-4)12-9-18/h6-15,24H,5H2,1-4H3,(H,28,29)(H,30,31). The molecule has 2 N–H and O–H groups in total. The molecule has 0 saturated heterocycles. The Morgan fingerprint density at radius 1 is 1.03 bits per heavy atom. The van der Waals surface area contributed by atoms with Crippen molar-refractivity contribution in [3.63, 3.8) is 0 Å². The van der Waals surface area contributed by atoms with Crippen LogP contribution in [0.2, 0.25) is 0 Å². The number of nitrogens with one attached hydrogen (secondary N) is 2. The molecule has 1 heterocycles. The molecule has 0 radical (unpaired) electrons. The van der Waals surface area contributed by atoms with Crippen LogP contribution in [0.4, 0.5) is 5.69 Å². The van der Waals surface area contributed by atoms with Gasteiger partial charge in [0.1, 0.15) is 11.6 Å². The van der Waals surface area contributed by atoms with E-state index in [0.717, 1.165) is 28.0 Å². The fourth-order valence-electron chi connectivity index (χ4n) is 3.63. The molecular formula is C27H27N3O4. The third-order valence-corrected chi connectivity index (χ3v) is 5.64. The Morgan fingerprint density at radius 3 is 2.50 bits per heavy atom. The first-order valence-corrected chi connectivity index (χ1v) is 11.1. The van der Waals surface area contributed by atoms with Crippen LogP contribution in [0.1, 0.15) is 34.8 Å². The number of methoxy groups -OCH3 is 1. The van der Waals surface area contributed by atoms with Crippen molar-refractivity contribution in [3.05, 3.63) is 77.4 Å². The smallest absolute Gasteiger partial charge is 0.338 e. The number of carbonyl (C=O) groups is 2. The average molecular weight is 458 g/mol. The monoisotopic (exact) mass is 457 g/mol. The summed E-state index contributed by atoms with van der Waals surface area (Å²) < 4.78 is 10.8. The van der Waals surface area contributed by atoms with Crippen LogP contribution in [0.25, 0.3) is 22.4 Å². The summed E-state index contributed by atoms with van der Waals surface area (Å²) in [5, 5.41) is 2.88. The highest BCUT2D eigenvalue weighted by molar-refractivity contribution is 5.99. The zero-order valence-electron chi connectivity index (χ0n) is 19.6. The average Bonchev–Trinajstić information content (AvgIpc) is 3.28. The Labute approximate surface area is 198 Å². The number of ether oxygens (including phenoxy) is 2. The molecule has 7 nitrogen and oxygen atoms in total. The lowest BCUT2D eigenvalue weighted by atomic mass is 10.1. The number of imidazole rings is 1. The number of H-pyrrole nitrogens is 1. The van der Waals surface area contributed by atoms with E-state index in [4.69, 9.17) is 9.47 Å². The van der Waals surface area contributed by atoms with E-state index in [1.807, 2.05) is 56.3 Å². The Kier molecular flexibility index (Phi) is 6.63. The Hall–Kier alpha value is -4.13. The molecule has 0 spiro atoms. The van der Waals surface area contributed by atoms with Gasteiger partial charge in [-0.15, -0.1) is 0 Å². The lowest BCUT2D eigenvalue weighted by molar-refractivity contribution is -0.124. The summed E-state index contributed by atoms with van der Waals surface area (Å²) in [7, 11) is 1.62. The van der Waals surface area contributed by atoms with E-state index in [2.05, 4.69) is 15.3 Å². The molecule has 1 unspecified atom stereocenters. The molecule has 0 aliphatic carbocycles. The van der Waals surface area contributed by atoms with E-state index in [9.17, 15) is 9.59 Å². The second-order valence-electron chi connectivity index (χ2n) is 8.16. The van der Waals surface area contributed by atoms with Crippen LogP contribution in [0.15, 0.2) is 60.7 Å². The highest BCUT2D eigenvalue weighted by atomic mass is 16.5. The molecule has 0 aliphatic rings. The molecule has 1 atom stereocenters. The van der Waals surface area contributed by atoms with Crippen molar-refractivity contribution in [1.29, 1.82) is 0 Å². The van der Waals surface area contributed by atoms with Gasteiger partial charge in [-0.1, -0.05) is 19.1 Å². The minimum Gasteiger partial charge on any atom is -0.497 e. The van der Waals surface area contributed by atoms with Crippen LogP contribution in [0.3, 0.4) is 0 Å². The van der Waals surface area contributed by atoms with Crippen LogP contribution in [-0.4, -0.2) is 35.1 Å². The van der Waals surface area contributed by atoms with Crippen molar-refractivity contribution in [2.75, 3.05) is 12.4 Å². The maximum Gasteiger partial charge on any atom is 0.338 e. The molecule has 0 aliphatic heterocycles. The van der Waals surface area contributed by atoms with E-state index in [1.54, 1.807) is 32.2 Å². The maximum absolute atomic E-state index is 12.8. The zero-order valence-corrected chi connectivity index (χ0v) is 19.6. The summed E-state index contributed by atoms with van der Waals surface area (Å²) in [6, 6.07) is 18.5. The van der Waals surface area contributed by atoms with Gasteiger partial charge in [0.25, 0.3) is 5.91 Å². The minimum atomic E-state index is -0.903. The number of anilines is 1. The fourth-order valence-corrected chi connectivity index (χ4v) is 3.63. The summed E-state index contributed by atoms with van der Waals surface area (Å²) in [5.41, 5.74) is 5.36. The summed E-state index contributed by atoms with van der Waals surface area (Å²) in [5.74, 6) is 0.527. The number of aromatic amines is 1. The number of rotatable bonds is 7. The first-order chi connectivity index (χ1) is 16.4. The van der Waals surface area contributed by atoms with Crippen molar-refractivity contribution in [1.82, 2.24) is 9.97 Å². The molecule has 0 bridgehead atoms. The lowest BCUT2D eigenvalue weighted by Crippen LogP contribution is -2.32. The van der Waals surface area contributed by atoms with E-state index in [0.29, 0.717) is 29.0 Å². The third-order valence-electron chi connectivity index (χ3n) is 5.64. The Morgan fingerprint density at radius 2 is 1.79 bits per heavy atom. The quantitative estimate of drug-likeness (QED) is 0.361. The van der Waals surface area contributed by atoms with E-state index in [1.165, 1.54) is 0 Å². The molecule has 7 heteroatoms. The highest BCUT2D eigenvalue weighted by Crippen LogP contribution is 2.24. The van der Waals surface area contributed by atoms with Crippen LogP contribution in [0, 0.1) is 13.8 Å². The number of nitrogens with zero attached hydrogens (tertiary/aromatic N) is 1. The zero-order chi connectivity index (χ0) is 24.2. The summed E-state index contributed by atoms with van der Waals surface area (Å²) in [6.07, 6.45) is -0.546. The fraction of sp³-hybridized carbons (Fsp3) is 0.222. The van der Waals surface area contributed by atoms with Gasteiger partial charge in [-0.05, 0) is 79.9 Å². The number of fused-ring (bicyclic) bond motifs is 1. The topological polar surface area (TPSA) is 93.3 Å². The minimum absolute atomic E-state index is 0.343. The number of aromatic nitrogens is 2. The number of hydrogen-bond acceptors (Lipinski definition) is 5. The van der Waals surface area contributed by atoms with Crippen molar-refractivity contribution >= 4 is 28.6 Å². The molecule has 34 heavy (non-hydrogen) atoms. The van der Waals surface area contributed by atoms with Crippen LogP contribution in [-0.2, 0) is 9.53 Å². The van der Waals surface area contributed by atoms with Gasteiger partial charge in [0.05, 0.1) is 23.7 Å². The number of aryl methyl sites for hydroxylation is 2. The second kappa shape index (κ2) is 9.79. The molecule has 1 amide bonds. The second-order valence-corrected chi connectivity index (χ2v) is 8.16. The predicted octanol–water partition coefficient (Wildman–Crippen LogP) is 5.43. The van der Waals surface area contributed by atoms with Gasteiger partial charge >= 0.3 is 5.97 Å². The van der Waals surface area contributed by atoms with Gasteiger partial charge in [0.15, 0.2) is 6.10 Å². The Bertz CT molecular complexity index is 1340. The third kappa shape index (κ3) is 4.93. The molecule has 0 saturated carbocycles. The van der Waals surface area contributed by atoms with Crippen LogP contribution < -0.4 is 10.1 Å². The van der Waals surface area contributed by atoms with Gasteiger partial charge in [0, 0.05) is 11.3 Å². The molecule has 3 aromatic carbocycles. The molecule has 0 fully saturated rings. The van der Waals surface area contributed by atoms with Crippen molar-refractivity contribution in [2.24, 2.45) is 0 Å². The van der Waals surface area contributed by atoms with E-state index in [-0.39, 0.29) is 5.91 Å². The number of hydrogen-bond donors (Lipinski definition) is 2. The molecular weight excluding hydrogens is 430 g/mol. The number of benzene rings is 3. The predicted molar refractivity (Wildman–Crippen MR) is 132 cm³/mol. The van der Waals surface area contributed by atoms with Crippen LogP contribution in [0.5, 0.6) is 5.75 Å². The van der Waals surface area contributed by atoms with Crippen molar-refractivity contribution < 1.29 is 19.1 Å². The summed E-state index contributed by atoms with van der Waals surface area (Å²) in [4.78, 5) is 33.4. The first-order valence-electron chi connectivity index (χ1n) is 11.1. The number of carbonyl (C=O) groups excluding carboxylic acids is 2. The highest BCUT2D eigenvalue weighted by Gasteiger charge is 2.23. The molecule has 4 aromatic rings. The number of amides is 1. The maximum atomic E-state index is 12.8. The summed E-state index contributed by atoms with van der Waals surface area (Å²) in [6.45, 7) is 5.68. The van der Waals surface area contributed by atoms with Gasteiger partial charge < -0.3 is 19.8 Å².